The van der Waals surface area contributed by atoms with Crippen LogP contribution in [-0.2, 0) is 4.79 Å². The largest absolute Gasteiger partial charge is 0.497 e. The van der Waals surface area contributed by atoms with E-state index in [2.05, 4.69) is 6.07 Å². The molecule has 19 heavy (non-hydrogen) atoms. The van der Waals surface area contributed by atoms with Crippen molar-refractivity contribution in [2.45, 2.75) is 19.4 Å². The molecule has 0 spiro atoms. The summed E-state index contributed by atoms with van der Waals surface area (Å²) in [6.45, 7) is 1.76. The molecule has 0 heterocycles. The highest BCUT2D eigenvalue weighted by molar-refractivity contribution is 5.76. The first-order valence-corrected chi connectivity index (χ1v) is 5.96. The predicted octanol–water partition coefficient (Wildman–Crippen LogP) is 2.14. The standard InChI is InChI=1S/C14H18N2O3/c1-5-14(17)16(2)12(9-15)11-7-6-10(18-3)8-13(11)19-4/h6-8,12H,5H2,1-4H3. The first kappa shape index (κ1) is 14.8. The molecule has 1 atom stereocenters. The van der Waals surface area contributed by atoms with Crippen molar-refractivity contribution in [2.24, 2.45) is 0 Å². The Kier molecular flexibility index (Phi) is 5.19. The minimum atomic E-state index is -0.673. The van der Waals surface area contributed by atoms with E-state index in [1.165, 1.54) is 12.0 Å². The number of carbonyl (C=O) groups excluding carboxylic acids is 1. The van der Waals surface area contributed by atoms with Crippen LogP contribution in [0.3, 0.4) is 0 Å². The smallest absolute Gasteiger partial charge is 0.223 e. The summed E-state index contributed by atoms with van der Waals surface area (Å²) in [7, 11) is 4.70. The van der Waals surface area contributed by atoms with E-state index in [1.54, 1.807) is 39.3 Å². The predicted molar refractivity (Wildman–Crippen MR) is 71.0 cm³/mol. The molecule has 1 aromatic rings. The van der Waals surface area contributed by atoms with Gasteiger partial charge in [0.2, 0.25) is 5.91 Å². The summed E-state index contributed by atoms with van der Waals surface area (Å²) in [6, 6.07) is 6.64. The van der Waals surface area contributed by atoms with Crippen molar-refractivity contribution in [1.29, 1.82) is 5.26 Å². The lowest BCUT2D eigenvalue weighted by Gasteiger charge is -2.24. The van der Waals surface area contributed by atoms with Gasteiger partial charge in [0, 0.05) is 25.1 Å². The third-order valence-corrected chi connectivity index (χ3v) is 2.94. The third kappa shape index (κ3) is 3.16. The fourth-order valence-corrected chi connectivity index (χ4v) is 1.80. The average molecular weight is 262 g/mol. The normalized spacial score (nSPS) is 11.3. The number of ether oxygens (including phenoxy) is 2. The van der Waals surface area contributed by atoms with E-state index in [1.807, 2.05) is 0 Å². The quantitative estimate of drug-likeness (QED) is 0.815. The van der Waals surface area contributed by atoms with Gasteiger partial charge in [-0.1, -0.05) is 6.92 Å². The Bertz CT molecular complexity index is 494. The first-order valence-electron chi connectivity index (χ1n) is 5.96. The second-order valence-electron chi connectivity index (χ2n) is 4.00. The second kappa shape index (κ2) is 6.64. The zero-order valence-corrected chi connectivity index (χ0v) is 11.6. The Labute approximate surface area is 113 Å². The highest BCUT2D eigenvalue weighted by atomic mass is 16.5. The van der Waals surface area contributed by atoms with Crippen LogP contribution in [-0.4, -0.2) is 32.1 Å². The summed E-state index contributed by atoms with van der Waals surface area (Å²) in [5.74, 6) is 1.08. The van der Waals surface area contributed by atoms with Gasteiger partial charge >= 0.3 is 0 Å². The number of carbonyl (C=O) groups is 1. The Balaban J connectivity index is 3.19. The van der Waals surface area contributed by atoms with E-state index in [9.17, 15) is 10.1 Å². The Morgan fingerprint density at radius 2 is 2.11 bits per heavy atom. The SMILES string of the molecule is CCC(=O)N(C)C(C#N)c1ccc(OC)cc1OC. The van der Waals surface area contributed by atoms with Gasteiger partial charge in [0.25, 0.3) is 0 Å². The Morgan fingerprint density at radius 3 is 2.58 bits per heavy atom. The molecule has 0 aliphatic rings. The summed E-state index contributed by atoms with van der Waals surface area (Å²) in [5.41, 5.74) is 0.648. The zero-order chi connectivity index (χ0) is 14.4. The van der Waals surface area contributed by atoms with Crippen LogP contribution in [0, 0.1) is 11.3 Å². The fraction of sp³-hybridized carbons (Fsp3) is 0.429. The number of nitriles is 1. The van der Waals surface area contributed by atoms with E-state index in [0.29, 0.717) is 23.5 Å². The van der Waals surface area contributed by atoms with Crippen molar-refractivity contribution in [1.82, 2.24) is 4.90 Å². The molecule has 0 N–H and O–H groups in total. The number of benzene rings is 1. The van der Waals surface area contributed by atoms with Crippen molar-refractivity contribution in [3.63, 3.8) is 0 Å². The zero-order valence-electron chi connectivity index (χ0n) is 11.6. The molecule has 1 amide bonds. The van der Waals surface area contributed by atoms with E-state index in [0.717, 1.165) is 0 Å². The van der Waals surface area contributed by atoms with Gasteiger partial charge in [0.05, 0.1) is 20.3 Å². The molecule has 5 heteroatoms. The molecule has 0 aliphatic heterocycles. The van der Waals surface area contributed by atoms with E-state index < -0.39 is 6.04 Å². The number of hydrogen-bond acceptors (Lipinski definition) is 4. The summed E-state index contributed by atoms with van der Waals surface area (Å²) in [6.07, 6.45) is 0.354. The first-order chi connectivity index (χ1) is 9.08. The lowest BCUT2D eigenvalue weighted by molar-refractivity contribution is -0.130. The monoisotopic (exact) mass is 262 g/mol. The molecule has 0 saturated heterocycles. The molecule has 102 valence electrons. The van der Waals surface area contributed by atoms with Gasteiger partial charge in [-0.3, -0.25) is 4.79 Å². The molecule has 0 aromatic heterocycles. The van der Waals surface area contributed by atoms with Crippen LogP contribution in [0.5, 0.6) is 11.5 Å². The van der Waals surface area contributed by atoms with Crippen LogP contribution in [0.1, 0.15) is 24.9 Å². The topological polar surface area (TPSA) is 62.6 Å². The average Bonchev–Trinajstić information content (AvgIpc) is 2.47. The van der Waals surface area contributed by atoms with Gasteiger partial charge in [0.15, 0.2) is 0 Å². The Morgan fingerprint density at radius 1 is 1.42 bits per heavy atom. The van der Waals surface area contributed by atoms with Crippen LogP contribution in [0.2, 0.25) is 0 Å². The maximum absolute atomic E-state index is 11.7. The fourth-order valence-electron chi connectivity index (χ4n) is 1.80. The van der Waals surface area contributed by atoms with Crippen molar-refractivity contribution in [3.8, 4) is 17.6 Å². The number of methoxy groups -OCH3 is 2. The molecular formula is C14H18N2O3. The summed E-state index contributed by atoms with van der Waals surface area (Å²) in [4.78, 5) is 13.1. The van der Waals surface area contributed by atoms with Crippen molar-refractivity contribution in [2.75, 3.05) is 21.3 Å². The van der Waals surface area contributed by atoms with Crippen LogP contribution in [0.25, 0.3) is 0 Å². The van der Waals surface area contributed by atoms with Crippen LogP contribution < -0.4 is 9.47 Å². The number of nitrogens with zero attached hydrogens (tertiary/aromatic N) is 2. The minimum Gasteiger partial charge on any atom is -0.497 e. The molecule has 1 rings (SSSR count). The summed E-state index contributed by atoms with van der Waals surface area (Å²) >= 11 is 0. The van der Waals surface area contributed by atoms with Crippen LogP contribution in [0.4, 0.5) is 0 Å². The third-order valence-electron chi connectivity index (χ3n) is 2.94. The number of amides is 1. The van der Waals surface area contributed by atoms with E-state index in [4.69, 9.17) is 9.47 Å². The maximum atomic E-state index is 11.7. The molecule has 0 saturated carbocycles. The lowest BCUT2D eigenvalue weighted by Crippen LogP contribution is -2.30. The van der Waals surface area contributed by atoms with Gasteiger partial charge in [-0.05, 0) is 12.1 Å². The number of hydrogen-bond donors (Lipinski definition) is 0. The molecule has 1 unspecified atom stereocenters. The molecule has 5 nitrogen and oxygen atoms in total. The molecule has 0 aliphatic carbocycles. The van der Waals surface area contributed by atoms with Crippen molar-refractivity contribution < 1.29 is 14.3 Å². The summed E-state index contributed by atoms with van der Waals surface area (Å²) in [5, 5.41) is 9.31. The molecular weight excluding hydrogens is 244 g/mol. The van der Waals surface area contributed by atoms with Gasteiger partial charge in [-0.2, -0.15) is 5.26 Å². The van der Waals surface area contributed by atoms with Gasteiger partial charge in [0.1, 0.15) is 17.5 Å². The van der Waals surface area contributed by atoms with Crippen LogP contribution in [0.15, 0.2) is 18.2 Å². The second-order valence-corrected chi connectivity index (χ2v) is 4.00. The highest BCUT2D eigenvalue weighted by Gasteiger charge is 2.23. The van der Waals surface area contributed by atoms with E-state index >= 15 is 0 Å². The van der Waals surface area contributed by atoms with E-state index in [-0.39, 0.29) is 5.91 Å². The molecule has 1 aromatic carbocycles. The summed E-state index contributed by atoms with van der Waals surface area (Å²) < 4.78 is 10.4. The highest BCUT2D eigenvalue weighted by Crippen LogP contribution is 2.32. The molecule has 0 fully saturated rings. The van der Waals surface area contributed by atoms with Crippen molar-refractivity contribution in [3.05, 3.63) is 23.8 Å². The minimum absolute atomic E-state index is 0.0931. The van der Waals surface area contributed by atoms with Crippen LogP contribution >= 0.6 is 0 Å². The maximum Gasteiger partial charge on any atom is 0.223 e. The van der Waals surface area contributed by atoms with Crippen molar-refractivity contribution >= 4 is 5.91 Å². The molecule has 0 bridgehead atoms. The van der Waals surface area contributed by atoms with Gasteiger partial charge in [-0.15, -0.1) is 0 Å². The number of rotatable bonds is 5. The lowest BCUT2D eigenvalue weighted by atomic mass is 10.0. The molecule has 0 radical (unpaired) electrons. The van der Waals surface area contributed by atoms with Gasteiger partial charge < -0.3 is 14.4 Å². The Hall–Kier alpha value is -2.22. The van der Waals surface area contributed by atoms with Gasteiger partial charge in [-0.25, -0.2) is 0 Å².